The van der Waals surface area contributed by atoms with Gasteiger partial charge in [-0.2, -0.15) is 0 Å². The Morgan fingerprint density at radius 2 is 1.92 bits per heavy atom. The van der Waals surface area contributed by atoms with Crippen LogP contribution in [-0.4, -0.2) is 60.1 Å². The molecule has 0 saturated carbocycles. The molecule has 0 aliphatic rings. The van der Waals surface area contributed by atoms with Crippen molar-refractivity contribution in [1.82, 2.24) is 19.7 Å². The zero-order valence-electron chi connectivity index (χ0n) is 16.4. The molecule has 25 heavy (non-hydrogen) atoms. The van der Waals surface area contributed by atoms with Crippen molar-refractivity contribution in [3.63, 3.8) is 0 Å². The fourth-order valence-electron chi connectivity index (χ4n) is 2.68. The van der Waals surface area contributed by atoms with E-state index in [1.807, 2.05) is 0 Å². The maximum Gasteiger partial charge on any atom is 0.194 e. The van der Waals surface area contributed by atoms with Crippen molar-refractivity contribution in [1.29, 1.82) is 0 Å². The highest BCUT2D eigenvalue weighted by atomic mass is 127. The maximum absolute atomic E-state index is 4.79. The number of aryl methyl sites for hydroxylation is 1. The van der Waals surface area contributed by atoms with Crippen molar-refractivity contribution >= 4 is 45.9 Å². The highest BCUT2D eigenvalue weighted by molar-refractivity contribution is 14.0. The van der Waals surface area contributed by atoms with Crippen LogP contribution < -0.4 is 5.32 Å². The van der Waals surface area contributed by atoms with Crippen molar-refractivity contribution in [2.24, 2.45) is 12.0 Å². The van der Waals surface area contributed by atoms with Crippen LogP contribution in [0.3, 0.4) is 0 Å². The van der Waals surface area contributed by atoms with Gasteiger partial charge in [-0.15, -0.1) is 24.0 Å². The molecule has 146 valence electrons. The van der Waals surface area contributed by atoms with Gasteiger partial charge >= 0.3 is 0 Å². The summed E-state index contributed by atoms with van der Waals surface area (Å²) in [6.45, 7) is 12.6. The summed E-state index contributed by atoms with van der Waals surface area (Å²) in [5.74, 6) is 0.984. The van der Waals surface area contributed by atoms with Crippen LogP contribution in [0.1, 0.15) is 39.3 Å². The van der Waals surface area contributed by atoms with Crippen LogP contribution in [0.15, 0.2) is 21.7 Å². The molecule has 0 radical (unpaired) electrons. The largest absolute Gasteiger partial charge is 0.357 e. The number of guanidine groups is 1. The molecule has 0 atom stereocenters. The van der Waals surface area contributed by atoms with E-state index in [9.17, 15) is 0 Å². The van der Waals surface area contributed by atoms with Gasteiger partial charge in [-0.1, -0.05) is 13.8 Å². The van der Waals surface area contributed by atoms with E-state index >= 15 is 0 Å². The summed E-state index contributed by atoms with van der Waals surface area (Å²) in [6.07, 6.45) is 4.43. The minimum atomic E-state index is 0. The number of nitrogens with zero attached hydrogens (tertiary/aromatic N) is 4. The first kappa shape index (κ1) is 24.7. The van der Waals surface area contributed by atoms with E-state index in [2.05, 4.69) is 82.7 Å². The zero-order valence-corrected chi connectivity index (χ0v) is 20.3. The first-order valence-corrected chi connectivity index (χ1v) is 9.83. The molecule has 0 unspecified atom stereocenters. The van der Waals surface area contributed by atoms with Crippen LogP contribution in [0.25, 0.3) is 0 Å². The van der Waals surface area contributed by atoms with Gasteiger partial charge in [0.05, 0.1) is 6.54 Å². The molecule has 1 N–H and O–H groups in total. The van der Waals surface area contributed by atoms with Crippen LogP contribution in [0.5, 0.6) is 0 Å². The minimum Gasteiger partial charge on any atom is -0.357 e. The average molecular weight is 528 g/mol. The van der Waals surface area contributed by atoms with E-state index in [4.69, 9.17) is 4.99 Å². The molecule has 0 amide bonds. The van der Waals surface area contributed by atoms with Crippen LogP contribution >= 0.6 is 39.9 Å². The van der Waals surface area contributed by atoms with Crippen molar-refractivity contribution < 1.29 is 0 Å². The summed E-state index contributed by atoms with van der Waals surface area (Å²) in [7, 11) is 4.17. The summed E-state index contributed by atoms with van der Waals surface area (Å²) in [4.78, 5) is 9.44. The fraction of sp³-hybridized carbons (Fsp3) is 0.722. The number of rotatable bonds is 10. The maximum atomic E-state index is 4.79. The SMILES string of the molecule is CCNC(=NCCCCN(CC)CC)N(C)Cc1cc(Br)cn1C.I. The topological polar surface area (TPSA) is 35.8 Å². The van der Waals surface area contributed by atoms with E-state index < -0.39 is 0 Å². The van der Waals surface area contributed by atoms with E-state index in [0.29, 0.717) is 0 Å². The predicted molar refractivity (Wildman–Crippen MR) is 123 cm³/mol. The number of nitrogens with one attached hydrogen (secondary N) is 1. The third kappa shape index (κ3) is 9.28. The Morgan fingerprint density at radius 3 is 2.44 bits per heavy atom. The molecule has 5 nitrogen and oxygen atoms in total. The van der Waals surface area contributed by atoms with Gasteiger partial charge in [0.1, 0.15) is 0 Å². The van der Waals surface area contributed by atoms with Gasteiger partial charge in [0.2, 0.25) is 0 Å². The van der Waals surface area contributed by atoms with Crippen LogP contribution in [-0.2, 0) is 13.6 Å². The molecular formula is C18H35BrIN5. The molecule has 1 aromatic rings. The lowest BCUT2D eigenvalue weighted by atomic mass is 10.3. The highest BCUT2D eigenvalue weighted by Gasteiger charge is 2.09. The summed E-state index contributed by atoms with van der Waals surface area (Å²) in [5.41, 5.74) is 1.26. The molecule has 0 aromatic carbocycles. The van der Waals surface area contributed by atoms with E-state index in [0.717, 1.165) is 49.6 Å². The lowest BCUT2D eigenvalue weighted by Crippen LogP contribution is -2.38. The monoisotopic (exact) mass is 527 g/mol. The Bertz CT molecular complexity index is 500. The van der Waals surface area contributed by atoms with E-state index in [-0.39, 0.29) is 24.0 Å². The summed E-state index contributed by atoms with van der Waals surface area (Å²) in [5, 5.41) is 3.40. The molecular weight excluding hydrogens is 493 g/mol. The zero-order chi connectivity index (χ0) is 17.9. The summed E-state index contributed by atoms with van der Waals surface area (Å²) < 4.78 is 3.26. The molecule has 7 heteroatoms. The molecule has 0 bridgehead atoms. The van der Waals surface area contributed by atoms with E-state index in [1.165, 1.54) is 18.7 Å². The number of hydrogen-bond donors (Lipinski definition) is 1. The second-order valence-electron chi connectivity index (χ2n) is 6.09. The molecule has 0 fully saturated rings. The Morgan fingerprint density at radius 1 is 1.24 bits per heavy atom. The third-order valence-corrected chi connectivity index (χ3v) is 4.64. The number of aromatic nitrogens is 1. The van der Waals surface area contributed by atoms with Gasteiger partial charge < -0.3 is 19.7 Å². The lowest BCUT2D eigenvalue weighted by molar-refractivity contribution is 0.297. The quantitative estimate of drug-likeness (QED) is 0.217. The number of aliphatic imine (C=N–C) groups is 1. The minimum absolute atomic E-state index is 0. The van der Waals surface area contributed by atoms with Crippen LogP contribution in [0.4, 0.5) is 0 Å². The number of halogens is 2. The van der Waals surface area contributed by atoms with Crippen LogP contribution in [0, 0.1) is 0 Å². The van der Waals surface area contributed by atoms with Crippen molar-refractivity contribution in [2.45, 2.75) is 40.2 Å². The van der Waals surface area contributed by atoms with Crippen molar-refractivity contribution in [3.8, 4) is 0 Å². The molecule has 0 aliphatic heterocycles. The normalized spacial score (nSPS) is 11.6. The second-order valence-corrected chi connectivity index (χ2v) is 7.00. The number of unbranched alkanes of at least 4 members (excludes halogenated alkanes) is 1. The van der Waals surface area contributed by atoms with Crippen molar-refractivity contribution in [3.05, 3.63) is 22.4 Å². The Hall–Kier alpha value is -0.280. The predicted octanol–water partition coefficient (Wildman–Crippen LogP) is 3.92. The Kier molecular flexibility index (Phi) is 13.7. The Labute approximate surface area is 179 Å². The molecule has 1 aromatic heterocycles. The molecule has 1 rings (SSSR count). The second kappa shape index (κ2) is 13.9. The first-order chi connectivity index (χ1) is 11.5. The van der Waals surface area contributed by atoms with Crippen molar-refractivity contribution in [2.75, 3.05) is 39.8 Å². The lowest BCUT2D eigenvalue weighted by Gasteiger charge is -2.22. The molecule has 1 heterocycles. The standard InChI is InChI=1S/C18H34BrN5.HI/c1-6-20-18(21-11-9-10-12-24(7-2)8-3)23(5)15-17-13-16(19)14-22(17)4;/h13-14H,6-12,15H2,1-5H3,(H,20,21);1H. The van der Waals surface area contributed by atoms with Gasteiger partial charge in [0.25, 0.3) is 0 Å². The van der Waals surface area contributed by atoms with Gasteiger partial charge in [0.15, 0.2) is 5.96 Å². The van der Waals surface area contributed by atoms with Gasteiger partial charge in [-0.3, -0.25) is 4.99 Å². The summed E-state index contributed by atoms with van der Waals surface area (Å²) >= 11 is 3.53. The fourth-order valence-corrected chi connectivity index (χ4v) is 3.25. The Balaban J connectivity index is 0.00000576. The highest BCUT2D eigenvalue weighted by Crippen LogP contribution is 2.15. The average Bonchev–Trinajstić information content (AvgIpc) is 2.87. The van der Waals surface area contributed by atoms with Crippen LogP contribution in [0.2, 0.25) is 0 Å². The first-order valence-electron chi connectivity index (χ1n) is 9.04. The smallest absolute Gasteiger partial charge is 0.194 e. The number of hydrogen-bond acceptors (Lipinski definition) is 2. The van der Waals surface area contributed by atoms with Gasteiger partial charge in [-0.25, -0.2) is 0 Å². The molecule has 0 aliphatic carbocycles. The van der Waals surface area contributed by atoms with Gasteiger partial charge in [0, 0.05) is 43.5 Å². The van der Waals surface area contributed by atoms with Gasteiger partial charge in [-0.05, 0) is 61.4 Å². The third-order valence-electron chi connectivity index (χ3n) is 4.21. The molecule has 0 saturated heterocycles. The molecule has 0 spiro atoms. The summed E-state index contributed by atoms with van der Waals surface area (Å²) in [6, 6.07) is 2.16. The van der Waals surface area contributed by atoms with E-state index in [1.54, 1.807) is 0 Å².